The fourth-order valence-corrected chi connectivity index (χ4v) is 2.02. The molecule has 0 aromatic carbocycles. The van der Waals surface area contributed by atoms with E-state index >= 15 is 0 Å². The van der Waals surface area contributed by atoms with Crippen molar-refractivity contribution in [3.05, 3.63) is 0 Å². The Hall–Kier alpha value is -0.740. The quantitative estimate of drug-likeness (QED) is 0.454. The van der Waals surface area contributed by atoms with E-state index in [0.29, 0.717) is 11.8 Å². The Bertz CT molecular complexity index is 230. The molecule has 0 saturated heterocycles. The zero-order valence-electron chi connectivity index (χ0n) is 9.39. The fourth-order valence-electron chi connectivity index (χ4n) is 2.02. The number of amidine groups is 1. The van der Waals surface area contributed by atoms with Gasteiger partial charge >= 0.3 is 6.18 Å². The maximum absolute atomic E-state index is 11.9. The Morgan fingerprint density at radius 3 is 2.38 bits per heavy atom. The van der Waals surface area contributed by atoms with Gasteiger partial charge in [-0.25, -0.2) is 0 Å². The van der Waals surface area contributed by atoms with Crippen LogP contribution in [0.25, 0.3) is 0 Å². The molecule has 0 aliphatic heterocycles. The highest BCUT2D eigenvalue weighted by Gasteiger charge is 2.26. The predicted octanol–water partition coefficient (Wildman–Crippen LogP) is 3.27. The second kappa shape index (κ2) is 6.11. The van der Waals surface area contributed by atoms with Crippen LogP contribution in [0, 0.1) is 5.92 Å². The molecule has 2 nitrogen and oxygen atoms in total. The lowest BCUT2D eigenvalue weighted by atomic mass is 9.88. The van der Waals surface area contributed by atoms with Crippen LogP contribution in [0.1, 0.15) is 44.9 Å². The van der Waals surface area contributed by atoms with Crippen molar-refractivity contribution < 1.29 is 13.2 Å². The topological polar surface area (TPSA) is 38.4 Å². The number of halogens is 3. The first kappa shape index (κ1) is 13.3. The number of hydrogen-bond acceptors (Lipinski definition) is 1. The zero-order chi connectivity index (χ0) is 12.0. The summed E-state index contributed by atoms with van der Waals surface area (Å²) in [5, 5.41) is 0. The lowest BCUT2D eigenvalue weighted by Gasteiger charge is -2.20. The fraction of sp³-hybridized carbons (Fsp3) is 0.909. The van der Waals surface area contributed by atoms with Gasteiger partial charge in [-0.15, -0.1) is 0 Å². The van der Waals surface area contributed by atoms with Crippen molar-refractivity contribution >= 4 is 5.84 Å². The molecule has 94 valence electrons. The van der Waals surface area contributed by atoms with Gasteiger partial charge in [-0.05, 0) is 19.3 Å². The predicted molar refractivity (Wildman–Crippen MR) is 58.4 cm³/mol. The van der Waals surface area contributed by atoms with Crippen molar-refractivity contribution in [1.29, 1.82) is 0 Å². The molecule has 0 aromatic heterocycles. The van der Waals surface area contributed by atoms with Gasteiger partial charge in [0, 0.05) is 18.9 Å². The van der Waals surface area contributed by atoms with E-state index in [9.17, 15) is 13.2 Å². The van der Waals surface area contributed by atoms with Crippen LogP contribution in [0.2, 0.25) is 0 Å². The highest BCUT2D eigenvalue weighted by molar-refractivity contribution is 5.82. The van der Waals surface area contributed by atoms with Crippen molar-refractivity contribution in [3.8, 4) is 0 Å². The molecule has 0 amide bonds. The largest absolute Gasteiger partial charge is 0.389 e. The molecular weight excluding hydrogens is 217 g/mol. The van der Waals surface area contributed by atoms with E-state index in [4.69, 9.17) is 5.73 Å². The Kier molecular flexibility index (Phi) is 5.09. The van der Waals surface area contributed by atoms with Crippen molar-refractivity contribution in [3.63, 3.8) is 0 Å². The third kappa shape index (κ3) is 5.37. The molecule has 5 heteroatoms. The first-order chi connectivity index (χ1) is 7.49. The molecule has 0 heterocycles. The van der Waals surface area contributed by atoms with Crippen LogP contribution in [0.3, 0.4) is 0 Å². The maximum atomic E-state index is 11.9. The molecule has 1 fully saturated rings. The van der Waals surface area contributed by atoms with E-state index < -0.39 is 12.6 Å². The van der Waals surface area contributed by atoms with Gasteiger partial charge in [0.15, 0.2) is 0 Å². The summed E-state index contributed by atoms with van der Waals surface area (Å²) in [7, 11) is 0. The molecule has 0 bridgehead atoms. The van der Waals surface area contributed by atoms with Crippen LogP contribution < -0.4 is 5.73 Å². The third-order valence-corrected chi connectivity index (χ3v) is 2.94. The molecule has 1 rings (SSSR count). The molecule has 0 spiro atoms. The number of nitrogens with zero attached hydrogens (tertiary/aromatic N) is 1. The number of alkyl halides is 3. The molecule has 0 atom stereocenters. The van der Waals surface area contributed by atoms with Crippen LogP contribution in [0.4, 0.5) is 13.2 Å². The van der Waals surface area contributed by atoms with Gasteiger partial charge in [-0.1, -0.05) is 19.3 Å². The smallest absolute Gasteiger partial charge is 0.387 e. The number of aliphatic imine (C=N–C) groups is 1. The summed E-state index contributed by atoms with van der Waals surface area (Å²) in [6, 6.07) is 0. The van der Waals surface area contributed by atoms with Crippen LogP contribution in [0.15, 0.2) is 4.99 Å². The van der Waals surface area contributed by atoms with Gasteiger partial charge in [0.05, 0.1) is 5.84 Å². The minimum absolute atomic E-state index is 0.0386. The Morgan fingerprint density at radius 2 is 1.81 bits per heavy atom. The van der Waals surface area contributed by atoms with Crippen LogP contribution in [-0.2, 0) is 0 Å². The molecular formula is C11H19F3N2. The second-order valence-corrected chi connectivity index (χ2v) is 4.36. The average molecular weight is 236 g/mol. The lowest BCUT2D eigenvalue weighted by molar-refractivity contribution is -0.134. The van der Waals surface area contributed by atoms with Crippen molar-refractivity contribution in [1.82, 2.24) is 0 Å². The molecule has 0 unspecified atom stereocenters. The minimum atomic E-state index is -4.07. The highest BCUT2D eigenvalue weighted by atomic mass is 19.4. The van der Waals surface area contributed by atoms with E-state index in [-0.39, 0.29) is 13.0 Å². The standard InChI is InChI=1S/C11H19F3N2/c12-11(13,14)7-4-8-16-10(15)9-5-2-1-3-6-9/h9H,1-8H2,(H2,15,16). The Labute approximate surface area is 94.1 Å². The third-order valence-electron chi connectivity index (χ3n) is 2.94. The summed E-state index contributed by atoms with van der Waals surface area (Å²) >= 11 is 0. The molecule has 2 N–H and O–H groups in total. The minimum Gasteiger partial charge on any atom is -0.387 e. The molecule has 0 radical (unpaired) electrons. The molecule has 16 heavy (non-hydrogen) atoms. The van der Waals surface area contributed by atoms with Gasteiger partial charge < -0.3 is 5.73 Å². The van der Waals surface area contributed by atoms with Gasteiger partial charge in [0.1, 0.15) is 0 Å². The summed E-state index contributed by atoms with van der Waals surface area (Å²) < 4.78 is 35.6. The van der Waals surface area contributed by atoms with Gasteiger partial charge in [0.2, 0.25) is 0 Å². The Morgan fingerprint density at radius 1 is 1.19 bits per heavy atom. The summed E-state index contributed by atoms with van der Waals surface area (Å²) in [6.45, 7) is 0.196. The first-order valence-electron chi connectivity index (χ1n) is 5.85. The molecule has 1 aliphatic rings. The van der Waals surface area contributed by atoms with Gasteiger partial charge in [-0.2, -0.15) is 13.2 Å². The second-order valence-electron chi connectivity index (χ2n) is 4.36. The van der Waals surface area contributed by atoms with E-state index in [1.807, 2.05) is 0 Å². The number of rotatable bonds is 4. The summed E-state index contributed by atoms with van der Waals surface area (Å²) in [6.07, 6.45) is 0.814. The van der Waals surface area contributed by atoms with Crippen LogP contribution in [-0.4, -0.2) is 18.6 Å². The van der Waals surface area contributed by atoms with Crippen LogP contribution >= 0.6 is 0 Å². The van der Waals surface area contributed by atoms with Crippen molar-refractivity contribution in [2.24, 2.45) is 16.6 Å². The van der Waals surface area contributed by atoms with Gasteiger partial charge in [-0.3, -0.25) is 4.99 Å². The molecule has 0 aromatic rings. The van der Waals surface area contributed by atoms with Crippen molar-refractivity contribution in [2.45, 2.75) is 51.1 Å². The maximum Gasteiger partial charge on any atom is 0.389 e. The lowest BCUT2D eigenvalue weighted by Crippen LogP contribution is -2.26. The number of nitrogens with two attached hydrogens (primary N) is 1. The van der Waals surface area contributed by atoms with Crippen molar-refractivity contribution in [2.75, 3.05) is 6.54 Å². The normalized spacial score (nSPS) is 20.1. The first-order valence-corrected chi connectivity index (χ1v) is 5.85. The van der Waals surface area contributed by atoms with Gasteiger partial charge in [0.25, 0.3) is 0 Å². The summed E-state index contributed by atoms with van der Waals surface area (Å²) in [4.78, 5) is 4.05. The molecule has 1 aliphatic carbocycles. The summed E-state index contributed by atoms with van der Waals surface area (Å²) in [5.74, 6) is 0.863. The van der Waals surface area contributed by atoms with Crippen LogP contribution in [0.5, 0.6) is 0 Å². The van der Waals surface area contributed by atoms with E-state index in [2.05, 4.69) is 4.99 Å². The number of hydrogen-bond donors (Lipinski definition) is 1. The average Bonchev–Trinajstić information content (AvgIpc) is 2.24. The SMILES string of the molecule is NC(=NCCCC(F)(F)F)C1CCCCC1. The monoisotopic (exact) mass is 236 g/mol. The Balaban J connectivity index is 2.22. The van der Waals surface area contributed by atoms with E-state index in [1.165, 1.54) is 6.42 Å². The van der Waals surface area contributed by atoms with E-state index in [1.54, 1.807) is 0 Å². The molecule has 1 saturated carbocycles. The summed E-state index contributed by atoms with van der Waals surface area (Å²) in [5.41, 5.74) is 5.77. The van der Waals surface area contributed by atoms with E-state index in [0.717, 1.165) is 25.7 Å². The zero-order valence-corrected chi connectivity index (χ0v) is 9.39. The highest BCUT2D eigenvalue weighted by Crippen LogP contribution is 2.24.